The maximum atomic E-state index is 12.0. The minimum Gasteiger partial charge on any atom is -0.494 e. The fourth-order valence-corrected chi connectivity index (χ4v) is 2.14. The Morgan fingerprint density at radius 2 is 2.11 bits per heavy atom. The van der Waals surface area contributed by atoms with Crippen LogP contribution < -0.4 is 10.1 Å². The van der Waals surface area contributed by atoms with Crippen LogP contribution in [-0.2, 0) is 9.59 Å². The molecule has 0 bridgehead atoms. The second-order valence-electron chi connectivity index (χ2n) is 4.51. The number of carbonyl (C=O) groups is 2. The van der Waals surface area contributed by atoms with Crippen LogP contribution in [0.2, 0.25) is 0 Å². The van der Waals surface area contributed by atoms with Crippen LogP contribution in [0.1, 0.15) is 19.8 Å². The number of rotatable bonds is 4. The highest BCUT2D eigenvalue weighted by Gasteiger charge is 2.33. The largest absolute Gasteiger partial charge is 0.494 e. The Morgan fingerprint density at radius 3 is 2.63 bits per heavy atom. The average molecular weight is 262 g/mol. The molecule has 1 fully saturated rings. The summed E-state index contributed by atoms with van der Waals surface area (Å²) >= 11 is 0. The number of nitrogens with zero attached hydrogens (tertiary/aromatic N) is 1. The van der Waals surface area contributed by atoms with E-state index in [1.54, 1.807) is 19.2 Å². The summed E-state index contributed by atoms with van der Waals surface area (Å²) in [7, 11) is 1.66. The maximum Gasteiger partial charge on any atom is 0.247 e. The quantitative estimate of drug-likeness (QED) is 0.897. The zero-order valence-electron chi connectivity index (χ0n) is 11.2. The van der Waals surface area contributed by atoms with Crippen molar-refractivity contribution < 1.29 is 14.3 Å². The molecule has 0 aromatic heterocycles. The van der Waals surface area contributed by atoms with Gasteiger partial charge in [-0.05, 0) is 37.6 Å². The van der Waals surface area contributed by atoms with E-state index in [-0.39, 0.29) is 17.9 Å². The normalized spacial score (nSPS) is 18.5. The summed E-state index contributed by atoms with van der Waals surface area (Å²) in [5.41, 5.74) is 0.709. The first-order valence-corrected chi connectivity index (χ1v) is 6.41. The molecule has 1 aromatic carbocycles. The third-order valence-electron chi connectivity index (χ3n) is 3.23. The first kappa shape index (κ1) is 13.4. The van der Waals surface area contributed by atoms with E-state index < -0.39 is 0 Å². The topological polar surface area (TPSA) is 58.6 Å². The van der Waals surface area contributed by atoms with E-state index in [1.165, 1.54) is 4.90 Å². The van der Waals surface area contributed by atoms with Crippen molar-refractivity contribution in [3.8, 4) is 5.75 Å². The van der Waals surface area contributed by atoms with Crippen LogP contribution >= 0.6 is 0 Å². The zero-order valence-corrected chi connectivity index (χ0v) is 11.2. The lowest BCUT2D eigenvalue weighted by Crippen LogP contribution is -2.38. The Morgan fingerprint density at radius 1 is 1.42 bits per heavy atom. The predicted molar refractivity (Wildman–Crippen MR) is 72.0 cm³/mol. The lowest BCUT2D eigenvalue weighted by molar-refractivity contribution is -0.131. The highest BCUT2D eigenvalue weighted by atomic mass is 16.5. The lowest BCUT2D eigenvalue weighted by Gasteiger charge is -2.19. The summed E-state index contributed by atoms with van der Waals surface area (Å²) in [4.78, 5) is 24.9. The minimum atomic E-state index is -0.362. The van der Waals surface area contributed by atoms with Crippen LogP contribution in [0.4, 0.5) is 5.69 Å². The molecule has 102 valence electrons. The average Bonchev–Trinajstić information content (AvgIpc) is 2.73. The number of nitrogens with one attached hydrogen (secondary N) is 1. The molecule has 1 unspecified atom stereocenters. The first-order chi connectivity index (χ1) is 9.11. The molecular weight excluding hydrogens is 244 g/mol. The van der Waals surface area contributed by atoms with Gasteiger partial charge in [-0.1, -0.05) is 0 Å². The molecule has 5 heteroatoms. The summed E-state index contributed by atoms with van der Waals surface area (Å²) in [6.07, 6.45) is 1.02. The lowest BCUT2D eigenvalue weighted by atomic mass is 10.2. The smallest absolute Gasteiger partial charge is 0.247 e. The number of hydrogen-bond donors (Lipinski definition) is 1. The van der Waals surface area contributed by atoms with Gasteiger partial charge in [0.25, 0.3) is 0 Å². The molecule has 5 nitrogen and oxygen atoms in total. The van der Waals surface area contributed by atoms with E-state index >= 15 is 0 Å². The molecule has 19 heavy (non-hydrogen) atoms. The SMILES string of the molecule is CCOc1ccc(NC(=O)C2CCC(=O)N2C)cc1. The molecule has 1 heterocycles. The number of likely N-dealkylation sites (tertiary alicyclic amines) is 1. The number of benzene rings is 1. The monoisotopic (exact) mass is 262 g/mol. The Balaban J connectivity index is 1.97. The summed E-state index contributed by atoms with van der Waals surface area (Å²) < 4.78 is 5.33. The van der Waals surface area contributed by atoms with Gasteiger partial charge in [0, 0.05) is 19.2 Å². The summed E-state index contributed by atoms with van der Waals surface area (Å²) in [5, 5.41) is 2.82. The van der Waals surface area contributed by atoms with Crippen molar-refractivity contribution in [3.05, 3.63) is 24.3 Å². The predicted octanol–water partition coefficient (Wildman–Crippen LogP) is 1.64. The Hall–Kier alpha value is -2.04. The van der Waals surface area contributed by atoms with Crippen LogP contribution in [0.15, 0.2) is 24.3 Å². The molecule has 0 spiro atoms. The Bertz CT molecular complexity index is 470. The molecule has 0 radical (unpaired) electrons. The third kappa shape index (κ3) is 3.05. The van der Waals surface area contributed by atoms with Crippen molar-refractivity contribution in [2.75, 3.05) is 19.0 Å². The molecule has 1 aliphatic rings. The Labute approximate surface area is 112 Å². The van der Waals surface area contributed by atoms with Gasteiger partial charge in [-0.25, -0.2) is 0 Å². The van der Waals surface area contributed by atoms with Crippen molar-refractivity contribution >= 4 is 17.5 Å². The van der Waals surface area contributed by atoms with Crippen LogP contribution in [0.25, 0.3) is 0 Å². The zero-order chi connectivity index (χ0) is 13.8. The van der Waals surface area contributed by atoms with Crippen molar-refractivity contribution in [1.29, 1.82) is 0 Å². The Kier molecular flexibility index (Phi) is 4.04. The number of amides is 2. The van der Waals surface area contributed by atoms with Gasteiger partial charge in [0.1, 0.15) is 11.8 Å². The van der Waals surface area contributed by atoms with E-state index in [4.69, 9.17) is 4.74 Å². The van der Waals surface area contributed by atoms with Gasteiger partial charge in [-0.15, -0.1) is 0 Å². The minimum absolute atomic E-state index is 0.0202. The van der Waals surface area contributed by atoms with Crippen molar-refractivity contribution in [1.82, 2.24) is 4.90 Å². The van der Waals surface area contributed by atoms with Crippen molar-refractivity contribution in [3.63, 3.8) is 0 Å². The van der Waals surface area contributed by atoms with Gasteiger partial charge in [-0.2, -0.15) is 0 Å². The first-order valence-electron chi connectivity index (χ1n) is 6.41. The molecule has 1 aromatic rings. The summed E-state index contributed by atoms with van der Waals surface area (Å²) in [5.74, 6) is 0.651. The van der Waals surface area contributed by atoms with E-state index in [0.29, 0.717) is 25.1 Å². The maximum absolute atomic E-state index is 12.0. The highest BCUT2D eigenvalue weighted by Crippen LogP contribution is 2.20. The molecule has 2 rings (SSSR count). The van der Waals surface area contributed by atoms with E-state index in [1.807, 2.05) is 19.1 Å². The molecular formula is C14H18N2O3. The number of anilines is 1. The van der Waals surface area contributed by atoms with Gasteiger partial charge in [0.15, 0.2) is 0 Å². The molecule has 1 N–H and O–H groups in total. The summed E-state index contributed by atoms with van der Waals surface area (Å²) in [6, 6.07) is 6.84. The van der Waals surface area contributed by atoms with Gasteiger partial charge in [-0.3, -0.25) is 9.59 Å². The number of carbonyl (C=O) groups excluding carboxylic acids is 2. The summed E-state index contributed by atoms with van der Waals surface area (Å²) in [6.45, 7) is 2.53. The van der Waals surface area contributed by atoms with Crippen LogP contribution in [0, 0.1) is 0 Å². The molecule has 1 aliphatic heterocycles. The van der Waals surface area contributed by atoms with Gasteiger partial charge in [0.05, 0.1) is 6.61 Å². The van der Waals surface area contributed by atoms with Gasteiger partial charge < -0.3 is 15.0 Å². The van der Waals surface area contributed by atoms with Gasteiger partial charge >= 0.3 is 0 Å². The molecule has 0 saturated carbocycles. The van der Waals surface area contributed by atoms with Crippen LogP contribution in [0.5, 0.6) is 5.75 Å². The fourth-order valence-electron chi connectivity index (χ4n) is 2.14. The van der Waals surface area contributed by atoms with Crippen LogP contribution in [-0.4, -0.2) is 36.4 Å². The molecule has 1 atom stereocenters. The third-order valence-corrected chi connectivity index (χ3v) is 3.23. The fraction of sp³-hybridized carbons (Fsp3) is 0.429. The van der Waals surface area contributed by atoms with E-state index in [9.17, 15) is 9.59 Å². The van der Waals surface area contributed by atoms with E-state index in [2.05, 4.69) is 5.32 Å². The van der Waals surface area contributed by atoms with Gasteiger partial charge in [0.2, 0.25) is 11.8 Å². The number of hydrogen-bond acceptors (Lipinski definition) is 3. The second kappa shape index (κ2) is 5.73. The van der Waals surface area contributed by atoms with E-state index in [0.717, 1.165) is 5.75 Å². The van der Waals surface area contributed by atoms with Crippen molar-refractivity contribution in [2.45, 2.75) is 25.8 Å². The van der Waals surface area contributed by atoms with Crippen molar-refractivity contribution in [2.24, 2.45) is 0 Å². The molecule has 2 amide bonds. The molecule has 0 aliphatic carbocycles. The number of likely N-dealkylation sites (N-methyl/N-ethyl adjacent to an activating group) is 1. The highest BCUT2D eigenvalue weighted by molar-refractivity contribution is 5.98. The second-order valence-corrected chi connectivity index (χ2v) is 4.51. The standard InChI is InChI=1S/C14H18N2O3/c1-3-19-11-6-4-10(5-7-11)15-14(18)12-8-9-13(17)16(12)2/h4-7,12H,3,8-9H2,1-2H3,(H,15,18). The van der Waals surface area contributed by atoms with Crippen LogP contribution in [0.3, 0.4) is 0 Å². The molecule has 1 saturated heterocycles. The number of ether oxygens (including phenoxy) is 1.